The number of hydrogen-bond acceptors (Lipinski definition) is 7. The lowest BCUT2D eigenvalue weighted by Gasteiger charge is -2.35. The summed E-state index contributed by atoms with van der Waals surface area (Å²) in [6.07, 6.45) is 0. The molecule has 9 heteroatoms. The molecule has 1 fully saturated rings. The van der Waals surface area contributed by atoms with Crippen LogP contribution in [-0.2, 0) is 9.53 Å². The molecule has 0 aromatic heterocycles. The summed E-state index contributed by atoms with van der Waals surface area (Å²) in [6.45, 7) is 7.85. The second-order valence-corrected chi connectivity index (χ2v) is 7.95. The molecular weight excluding hydrogens is 450 g/mol. The van der Waals surface area contributed by atoms with E-state index in [9.17, 15) is 9.59 Å². The summed E-state index contributed by atoms with van der Waals surface area (Å²) >= 11 is 0. The molecule has 1 saturated heterocycles. The second kappa shape index (κ2) is 13.6. The number of carbonyl (C=O) groups is 2. The van der Waals surface area contributed by atoms with E-state index in [-0.39, 0.29) is 24.4 Å². The number of morpholine rings is 1. The van der Waals surface area contributed by atoms with Crippen molar-refractivity contribution in [2.45, 2.75) is 19.9 Å². The Hall–Kier alpha value is -3.30. The Morgan fingerprint density at radius 2 is 1.66 bits per heavy atom. The van der Waals surface area contributed by atoms with E-state index in [4.69, 9.17) is 18.9 Å². The maximum atomic E-state index is 12.6. The maximum Gasteiger partial charge on any atom is 0.251 e. The summed E-state index contributed by atoms with van der Waals surface area (Å²) in [5.41, 5.74) is 1.48. The summed E-state index contributed by atoms with van der Waals surface area (Å²) in [4.78, 5) is 27.5. The molecule has 0 saturated carbocycles. The van der Waals surface area contributed by atoms with Crippen LogP contribution in [0.25, 0.3) is 0 Å². The van der Waals surface area contributed by atoms with Crippen LogP contribution in [0.15, 0.2) is 42.5 Å². The van der Waals surface area contributed by atoms with Gasteiger partial charge in [-0.3, -0.25) is 14.5 Å². The number of methoxy groups -OCH3 is 1. The third-order valence-electron chi connectivity index (χ3n) is 5.69. The van der Waals surface area contributed by atoms with Gasteiger partial charge in [0.2, 0.25) is 5.91 Å². The molecule has 9 nitrogen and oxygen atoms in total. The van der Waals surface area contributed by atoms with Crippen LogP contribution in [0, 0.1) is 0 Å². The highest BCUT2D eigenvalue weighted by Crippen LogP contribution is 2.28. The summed E-state index contributed by atoms with van der Waals surface area (Å²) < 4.78 is 21.9. The molecule has 3 rings (SSSR count). The molecule has 2 amide bonds. The Morgan fingerprint density at radius 1 is 0.971 bits per heavy atom. The molecule has 0 spiro atoms. The highest BCUT2D eigenvalue weighted by molar-refractivity contribution is 5.97. The topological polar surface area (TPSA) is 98.4 Å². The molecular formula is C26H35N3O6. The largest absolute Gasteiger partial charge is 0.497 e. The van der Waals surface area contributed by atoms with Gasteiger partial charge in [0, 0.05) is 25.2 Å². The third-order valence-corrected chi connectivity index (χ3v) is 5.69. The van der Waals surface area contributed by atoms with Gasteiger partial charge in [-0.05, 0) is 49.7 Å². The fraction of sp³-hybridized carbons (Fsp3) is 0.462. The van der Waals surface area contributed by atoms with Crippen LogP contribution in [0.1, 0.15) is 35.8 Å². The maximum absolute atomic E-state index is 12.6. The SMILES string of the molecule is CCOc1ccc(C(=O)NCC(=O)NC[C@H](c2ccc(OC)cc2)N2CCOCC2)cc1OCC. The minimum atomic E-state index is -0.357. The lowest BCUT2D eigenvalue weighted by molar-refractivity contribution is -0.120. The average Bonchev–Trinajstić information content (AvgIpc) is 2.89. The standard InChI is InChI=1S/C26H35N3O6/c1-4-34-23-11-8-20(16-24(23)35-5-2)26(31)28-18-25(30)27-17-22(29-12-14-33-15-13-29)19-6-9-21(32-3)10-7-19/h6-11,16,22H,4-5,12-15,17-18H2,1-3H3,(H,27,30)(H,28,31)/t22-/m1/s1. The minimum Gasteiger partial charge on any atom is -0.497 e. The third kappa shape index (κ3) is 7.60. The lowest BCUT2D eigenvalue weighted by Crippen LogP contribution is -2.45. The predicted octanol–water partition coefficient (Wildman–Crippen LogP) is 2.41. The Balaban J connectivity index is 1.57. The molecule has 1 aliphatic heterocycles. The summed E-state index contributed by atoms with van der Waals surface area (Å²) in [5.74, 6) is 1.24. The van der Waals surface area contributed by atoms with Crippen LogP contribution in [0.2, 0.25) is 0 Å². The van der Waals surface area contributed by atoms with Gasteiger partial charge < -0.3 is 29.6 Å². The number of benzene rings is 2. The van der Waals surface area contributed by atoms with Gasteiger partial charge >= 0.3 is 0 Å². The zero-order valence-corrected chi connectivity index (χ0v) is 20.7. The zero-order chi connectivity index (χ0) is 25.0. The first-order chi connectivity index (χ1) is 17.0. The first-order valence-corrected chi connectivity index (χ1v) is 12.0. The lowest BCUT2D eigenvalue weighted by atomic mass is 10.0. The summed E-state index contributed by atoms with van der Waals surface area (Å²) in [7, 11) is 1.63. The van der Waals surface area contributed by atoms with Gasteiger partial charge in [-0.15, -0.1) is 0 Å². The molecule has 2 aromatic carbocycles. The quantitative estimate of drug-likeness (QED) is 0.476. The summed E-state index contributed by atoms with van der Waals surface area (Å²) in [6, 6.07) is 12.8. The van der Waals surface area contributed by atoms with Crippen molar-refractivity contribution in [2.24, 2.45) is 0 Å². The minimum absolute atomic E-state index is 0.00989. The molecule has 2 aromatic rings. The zero-order valence-electron chi connectivity index (χ0n) is 20.7. The molecule has 0 unspecified atom stereocenters. The average molecular weight is 486 g/mol. The molecule has 0 aliphatic carbocycles. The fourth-order valence-corrected chi connectivity index (χ4v) is 3.90. The monoisotopic (exact) mass is 485 g/mol. The molecule has 1 aliphatic rings. The first-order valence-electron chi connectivity index (χ1n) is 12.0. The Kier molecular flexibility index (Phi) is 10.2. The normalized spacial score (nSPS) is 14.6. The molecule has 1 heterocycles. The highest BCUT2D eigenvalue weighted by Gasteiger charge is 2.23. The highest BCUT2D eigenvalue weighted by atomic mass is 16.5. The van der Waals surface area contributed by atoms with E-state index in [1.807, 2.05) is 38.1 Å². The predicted molar refractivity (Wildman–Crippen MR) is 132 cm³/mol. The number of nitrogens with zero attached hydrogens (tertiary/aromatic N) is 1. The fourth-order valence-electron chi connectivity index (χ4n) is 3.90. The van der Waals surface area contributed by atoms with Gasteiger partial charge in [0.05, 0.1) is 46.1 Å². The van der Waals surface area contributed by atoms with Gasteiger partial charge in [-0.25, -0.2) is 0 Å². The van der Waals surface area contributed by atoms with Crippen LogP contribution >= 0.6 is 0 Å². The van der Waals surface area contributed by atoms with Gasteiger partial charge in [0.25, 0.3) is 5.91 Å². The number of nitrogens with one attached hydrogen (secondary N) is 2. The molecule has 35 heavy (non-hydrogen) atoms. The van der Waals surface area contributed by atoms with Crippen molar-refractivity contribution in [2.75, 3.05) is 59.7 Å². The van der Waals surface area contributed by atoms with E-state index in [0.29, 0.717) is 50.0 Å². The van der Waals surface area contributed by atoms with E-state index in [1.54, 1.807) is 25.3 Å². The van der Waals surface area contributed by atoms with Crippen molar-refractivity contribution < 1.29 is 28.5 Å². The van der Waals surface area contributed by atoms with Gasteiger partial charge in [0.15, 0.2) is 11.5 Å². The Labute approximate surface area is 206 Å². The number of ether oxygens (including phenoxy) is 4. The van der Waals surface area contributed by atoms with E-state index in [2.05, 4.69) is 15.5 Å². The smallest absolute Gasteiger partial charge is 0.251 e. The van der Waals surface area contributed by atoms with Gasteiger partial charge in [-0.2, -0.15) is 0 Å². The molecule has 1 atom stereocenters. The Morgan fingerprint density at radius 3 is 2.31 bits per heavy atom. The van der Waals surface area contributed by atoms with Gasteiger partial charge in [-0.1, -0.05) is 12.1 Å². The first kappa shape index (κ1) is 26.3. The van der Waals surface area contributed by atoms with Crippen LogP contribution in [0.3, 0.4) is 0 Å². The van der Waals surface area contributed by atoms with Gasteiger partial charge in [0.1, 0.15) is 5.75 Å². The van der Waals surface area contributed by atoms with Crippen molar-refractivity contribution >= 4 is 11.8 Å². The summed E-state index contributed by atoms with van der Waals surface area (Å²) in [5, 5.41) is 5.64. The van der Waals surface area contributed by atoms with E-state index in [1.165, 1.54) is 0 Å². The van der Waals surface area contributed by atoms with Crippen LogP contribution in [-0.4, -0.2) is 76.4 Å². The Bertz CT molecular complexity index is 960. The van der Waals surface area contributed by atoms with Crippen molar-refractivity contribution in [1.82, 2.24) is 15.5 Å². The molecule has 190 valence electrons. The number of hydrogen-bond donors (Lipinski definition) is 2. The van der Waals surface area contributed by atoms with Crippen molar-refractivity contribution in [1.29, 1.82) is 0 Å². The second-order valence-electron chi connectivity index (χ2n) is 7.95. The molecule has 0 radical (unpaired) electrons. The number of rotatable bonds is 12. The van der Waals surface area contributed by atoms with Crippen molar-refractivity contribution in [3.05, 3.63) is 53.6 Å². The number of amides is 2. The van der Waals surface area contributed by atoms with Crippen LogP contribution in [0.5, 0.6) is 17.2 Å². The molecule has 2 N–H and O–H groups in total. The number of carbonyl (C=O) groups excluding carboxylic acids is 2. The van der Waals surface area contributed by atoms with Crippen LogP contribution in [0.4, 0.5) is 0 Å². The van der Waals surface area contributed by atoms with E-state index < -0.39 is 0 Å². The molecule has 0 bridgehead atoms. The van der Waals surface area contributed by atoms with Crippen LogP contribution < -0.4 is 24.8 Å². The van der Waals surface area contributed by atoms with Crippen molar-refractivity contribution in [3.63, 3.8) is 0 Å². The van der Waals surface area contributed by atoms with E-state index >= 15 is 0 Å². The van der Waals surface area contributed by atoms with E-state index in [0.717, 1.165) is 24.4 Å². The van der Waals surface area contributed by atoms with Crippen molar-refractivity contribution in [3.8, 4) is 17.2 Å².